The second-order valence-electron chi connectivity index (χ2n) is 5.74. The highest BCUT2D eigenvalue weighted by Gasteiger charge is 2.24. The molecule has 0 fully saturated rings. The van der Waals surface area contributed by atoms with E-state index >= 15 is 0 Å². The van der Waals surface area contributed by atoms with Gasteiger partial charge < -0.3 is 29.6 Å². The molecule has 2 aromatic heterocycles. The standard InChI is InChI=1S/C17H18N4O6/c1-26-10-3-2-9-4-11-16(20-21-17(11)19-12(9)5-10)18-8-27-7-14(24)15(25)13(23)6-22/h2-6,8,13-15,23-25H,7H2,1H3,(H,19,20,21)/t13-,14+,15+/m0/s1. The molecule has 0 aliphatic rings. The molecule has 4 N–H and O–H groups in total. The van der Waals surface area contributed by atoms with Gasteiger partial charge in [0.2, 0.25) is 0 Å². The second kappa shape index (κ2) is 8.08. The summed E-state index contributed by atoms with van der Waals surface area (Å²) < 4.78 is 10.2. The van der Waals surface area contributed by atoms with E-state index in [1.165, 1.54) is 0 Å². The number of fused-ring (bicyclic) bond motifs is 2. The lowest BCUT2D eigenvalue weighted by atomic mass is 10.1. The Kier molecular flexibility index (Phi) is 5.60. The molecule has 3 rings (SSSR count). The molecule has 0 aliphatic carbocycles. The van der Waals surface area contributed by atoms with Crippen LogP contribution in [0.2, 0.25) is 0 Å². The third kappa shape index (κ3) is 4.03. The molecule has 10 heteroatoms. The van der Waals surface area contributed by atoms with E-state index in [0.717, 1.165) is 17.3 Å². The highest BCUT2D eigenvalue weighted by Crippen LogP contribution is 2.27. The molecule has 142 valence electrons. The van der Waals surface area contributed by atoms with E-state index in [9.17, 15) is 15.0 Å². The number of aldehydes is 1. The molecule has 10 nitrogen and oxygen atoms in total. The van der Waals surface area contributed by atoms with Gasteiger partial charge in [0.1, 0.15) is 30.7 Å². The van der Waals surface area contributed by atoms with Gasteiger partial charge in [0.05, 0.1) is 18.0 Å². The van der Waals surface area contributed by atoms with Crippen molar-refractivity contribution in [2.75, 3.05) is 13.7 Å². The normalized spacial score (nSPS) is 15.1. The molecule has 2 heterocycles. The monoisotopic (exact) mass is 374 g/mol. The van der Waals surface area contributed by atoms with Gasteiger partial charge in [0.15, 0.2) is 24.2 Å². The van der Waals surface area contributed by atoms with Crippen molar-refractivity contribution in [1.29, 1.82) is 0 Å². The molecule has 27 heavy (non-hydrogen) atoms. The number of ether oxygens (including phenoxy) is 2. The maximum Gasteiger partial charge on any atom is 0.186 e. The van der Waals surface area contributed by atoms with Crippen LogP contribution in [0.15, 0.2) is 29.3 Å². The number of aliphatic hydroxyl groups is 3. The summed E-state index contributed by atoms with van der Waals surface area (Å²) in [7, 11) is 1.58. The number of hydrogen-bond acceptors (Lipinski definition) is 9. The lowest BCUT2D eigenvalue weighted by Gasteiger charge is -2.18. The van der Waals surface area contributed by atoms with Crippen molar-refractivity contribution < 1.29 is 29.6 Å². The fourth-order valence-electron chi connectivity index (χ4n) is 2.43. The van der Waals surface area contributed by atoms with Gasteiger partial charge in [0, 0.05) is 11.5 Å². The molecular weight excluding hydrogens is 356 g/mol. The largest absolute Gasteiger partial charge is 0.497 e. The van der Waals surface area contributed by atoms with Gasteiger partial charge in [-0.2, -0.15) is 10.1 Å². The Bertz CT molecular complexity index is 973. The molecule has 1 aromatic carbocycles. The summed E-state index contributed by atoms with van der Waals surface area (Å²) >= 11 is 0. The van der Waals surface area contributed by atoms with Crippen LogP contribution in [0.1, 0.15) is 0 Å². The van der Waals surface area contributed by atoms with Crippen molar-refractivity contribution in [3.05, 3.63) is 24.3 Å². The first kappa shape index (κ1) is 18.7. The number of benzene rings is 1. The van der Waals surface area contributed by atoms with Crippen LogP contribution in [0.3, 0.4) is 0 Å². The van der Waals surface area contributed by atoms with E-state index in [-0.39, 0.29) is 12.9 Å². The summed E-state index contributed by atoms with van der Waals surface area (Å²) in [6, 6.07) is 7.37. The Hall–Kier alpha value is -3.08. The number of hydrogen-bond donors (Lipinski definition) is 4. The number of rotatable bonds is 8. The lowest BCUT2D eigenvalue weighted by Crippen LogP contribution is -2.40. The number of methoxy groups -OCH3 is 1. The first-order valence-corrected chi connectivity index (χ1v) is 8.00. The van der Waals surface area contributed by atoms with Crippen LogP contribution in [0, 0.1) is 0 Å². The second-order valence-corrected chi connectivity index (χ2v) is 5.74. The molecular formula is C17H18N4O6. The number of aliphatic hydroxyl groups excluding tert-OH is 3. The Morgan fingerprint density at radius 2 is 2.11 bits per heavy atom. The van der Waals surface area contributed by atoms with Gasteiger partial charge >= 0.3 is 0 Å². The van der Waals surface area contributed by atoms with Crippen molar-refractivity contribution >= 4 is 40.4 Å². The molecule has 3 aromatic rings. The first-order chi connectivity index (χ1) is 13.0. The van der Waals surface area contributed by atoms with Gasteiger partial charge in [-0.1, -0.05) is 0 Å². The molecule has 0 amide bonds. The molecule has 3 atom stereocenters. The third-order valence-electron chi connectivity index (χ3n) is 3.93. The number of nitrogens with one attached hydrogen (secondary N) is 1. The summed E-state index contributed by atoms with van der Waals surface area (Å²) in [4.78, 5) is 18.9. The predicted molar refractivity (Wildman–Crippen MR) is 96.1 cm³/mol. The van der Waals surface area contributed by atoms with E-state index in [0.29, 0.717) is 22.6 Å². The maximum absolute atomic E-state index is 10.4. The van der Waals surface area contributed by atoms with E-state index in [2.05, 4.69) is 20.2 Å². The van der Waals surface area contributed by atoms with Gasteiger partial charge in [-0.05, 0) is 18.2 Å². The van der Waals surface area contributed by atoms with E-state index in [1.54, 1.807) is 7.11 Å². The summed E-state index contributed by atoms with van der Waals surface area (Å²) in [5, 5.41) is 36.6. The Balaban J connectivity index is 1.72. The van der Waals surface area contributed by atoms with Gasteiger partial charge in [0.25, 0.3) is 0 Å². The quantitative estimate of drug-likeness (QED) is 0.246. The molecule has 0 bridgehead atoms. The van der Waals surface area contributed by atoms with Crippen molar-refractivity contribution in [3.63, 3.8) is 0 Å². The minimum absolute atomic E-state index is 0.130. The average Bonchev–Trinajstić information content (AvgIpc) is 3.09. The summed E-state index contributed by atoms with van der Waals surface area (Å²) in [5.41, 5.74) is 1.27. The highest BCUT2D eigenvalue weighted by molar-refractivity contribution is 5.96. The van der Waals surface area contributed by atoms with Crippen molar-refractivity contribution in [2.45, 2.75) is 18.3 Å². The molecule has 0 radical (unpaired) electrons. The Morgan fingerprint density at radius 3 is 2.85 bits per heavy atom. The number of carbonyl (C=O) groups excluding carboxylic acids is 1. The van der Waals surface area contributed by atoms with Gasteiger partial charge in [-0.3, -0.25) is 5.10 Å². The number of aliphatic imine (C=N–C) groups is 1. The van der Waals surface area contributed by atoms with Crippen LogP contribution in [-0.4, -0.2) is 75.2 Å². The van der Waals surface area contributed by atoms with Crippen LogP contribution in [-0.2, 0) is 9.53 Å². The Morgan fingerprint density at radius 1 is 1.30 bits per heavy atom. The zero-order valence-corrected chi connectivity index (χ0v) is 14.3. The molecule has 0 aliphatic heterocycles. The summed E-state index contributed by atoms with van der Waals surface area (Å²) in [6.45, 7) is -0.362. The smallest absolute Gasteiger partial charge is 0.186 e. The zero-order chi connectivity index (χ0) is 19.4. The number of carbonyl (C=O) groups is 1. The molecule has 0 saturated heterocycles. The highest BCUT2D eigenvalue weighted by atomic mass is 16.5. The average molecular weight is 374 g/mol. The topological polar surface area (TPSA) is 150 Å². The number of pyridine rings is 1. The van der Waals surface area contributed by atoms with Crippen molar-refractivity contribution in [3.8, 4) is 5.75 Å². The Labute approximate surface area is 153 Å². The van der Waals surface area contributed by atoms with Crippen LogP contribution in [0.4, 0.5) is 5.82 Å². The fraction of sp³-hybridized carbons (Fsp3) is 0.294. The number of H-pyrrole nitrogens is 1. The first-order valence-electron chi connectivity index (χ1n) is 8.00. The SMILES string of the molecule is COc1ccc2cc3c(N=COC[C@@H](O)[C@H](O)[C@@H](O)C=O)n[nH]c3nc2c1. The van der Waals surface area contributed by atoms with Crippen LogP contribution >= 0.6 is 0 Å². The molecule has 0 saturated carbocycles. The molecule has 0 unspecified atom stereocenters. The van der Waals surface area contributed by atoms with Gasteiger partial charge in [-0.15, -0.1) is 0 Å². The van der Waals surface area contributed by atoms with E-state index < -0.39 is 18.3 Å². The predicted octanol–water partition coefficient (Wildman–Crippen LogP) is 0.0777. The van der Waals surface area contributed by atoms with Crippen LogP contribution < -0.4 is 4.74 Å². The van der Waals surface area contributed by atoms with Crippen LogP contribution in [0.5, 0.6) is 5.75 Å². The van der Waals surface area contributed by atoms with E-state index in [4.69, 9.17) is 14.6 Å². The van der Waals surface area contributed by atoms with Gasteiger partial charge in [-0.25, -0.2) is 4.98 Å². The number of aromatic amines is 1. The third-order valence-corrected chi connectivity index (χ3v) is 3.93. The summed E-state index contributed by atoms with van der Waals surface area (Å²) in [6.07, 6.45) is -3.60. The molecule has 0 spiro atoms. The fourth-order valence-corrected chi connectivity index (χ4v) is 2.43. The van der Waals surface area contributed by atoms with Crippen molar-refractivity contribution in [2.24, 2.45) is 4.99 Å². The minimum Gasteiger partial charge on any atom is -0.497 e. The minimum atomic E-state index is -1.69. The van der Waals surface area contributed by atoms with Crippen molar-refractivity contribution in [1.82, 2.24) is 15.2 Å². The lowest BCUT2D eigenvalue weighted by molar-refractivity contribution is -0.127. The summed E-state index contributed by atoms with van der Waals surface area (Å²) in [5.74, 6) is 1.03. The number of aromatic nitrogens is 3. The van der Waals surface area contributed by atoms with E-state index in [1.807, 2.05) is 24.3 Å². The maximum atomic E-state index is 10.4. The zero-order valence-electron chi connectivity index (χ0n) is 14.3. The van der Waals surface area contributed by atoms with Crippen LogP contribution in [0.25, 0.3) is 21.9 Å². The number of nitrogens with zero attached hydrogens (tertiary/aromatic N) is 3.